The fourth-order valence-corrected chi connectivity index (χ4v) is 6.71. The molecule has 14 heteroatoms. The molecule has 4 atom stereocenters. The van der Waals surface area contributed by atoms with Gasteiger partial charge in [-0.3, -0.25) is 19.0 Å². The van der Waals surface area contributed by atoms with Gasteiger partial charge in [-0.25, -0.2) is 9.37 Å². The first kappa shape index (κ1) is 28.3. The predicted molar refractivity (Wildman–Crippen MR) is 146 cm³/mol. The van der Waals surface area contributed by atoms with Crippen molar-refractivity contribution in [3.63, 3.8) is 0 Å². The fraction of sp³-hybridized carbons (Fsp3) is 0.500. The summed E-state index contributed by atoms with van der Waals surface area (Å²) in [6, 6.07) is 5.02. The van der Waals surface area contributed by atoms with Crippen molar-refractivity contribution in [3.05, 3.63) is 41.2 Å². The van der Waals surface area contributed by atoms with Crippen LogP contribution < -0.4 is 4.90 Å². The molecule has 1 aromatic carbocycles. The average Bonchev–Trinajstić information content (AvgIpc) is 3.69. The summed E-state index contributed by atoms with van der Waals surface area (Å²) in [6.45, 7) is 3.91. The first-order valence-corrected chi connectivity index (χ1v) is 14.1. The summed E-state index contributed by atoms with van der Waals surface area (Å²) >= 11 is 6.46. The van der Waals surface area contributed by atoms with Gasteiger partial charge in [-0.1, -0.05) is 18.9 Å². The molecule has 12 nitrogen and oxygen atoms in total. The molecule has 1 saturated carbocycles. The molecule has 0 amide bonds. The van der Waals surface area contributed by atoms with Gasteiger partial charge < -0.3 is 23.8 Å². The molecule has 2 unspecified atom stereocenters. The topological polar surface area (TPSA) is 135 Å². The van der Waals surface area contributed by atoms with E-state index in [4.69, 9.17) is 30.5 Å². The number of imidazole rings is 1. The summed E-state index contributed by atoms with van der Waals surface area (Å²) in [5, 5.41) is -0.0837. The molecular weight excluding hydrogens is 573 g/mol. The molecule has 2 aromatic heterocycles. The molecule has 1 spiro atoms. The van der Waals surface area contributed by atoms with Gasteiger partial charge in [-0.05, 0) is 36.6 Å². The second kappa shape index (κ2) is 10.8. The zero-order valence-corrected chi connectivity index (χ0v) is 24.0. The first-order valence-electron chi connectivity index (χ1n) is 13.7. The molecule has 3 aromatic rings. The lowest BCUT2D eigenvalue weighted by molar-refractivity contribution is -0.166. The van der Waals surface area contributed by atoms with Crippen molar-refractivity contribution >= 4 is 52.2 Å². The Kier molecular flexibility index (Phi) is 7.26. The quantitative estimate of drug-likeness (QED) is 0.231. The highest BCUT2D eigenvalue weighted by Crippen LogP contribution is 2.53. The minimum Gasteiger partial charge on any atom is -0.463 e. The minimum atomic E-state index is -1.13. The van der Waals surface area contributed by atoms with E-state index in [-0.39, 0.29) is 28.8 Å². The van der Waals surface area contributed by atoms with Gasteiger partial charge in [-0.2, -0.15) is 9.97 Å². The van der Waals surface area contributed by atoms with Gasteiger partial charge in [0.05, 0.1) is 6.33 Å². The number of aromatic nitrogens is 4. The van der Waals surface area contributed by atoms with E-state index in [1.807, 2.05) is 11.0 Å². The van der Waals surface area contributed by atoms with Gasteiger partial charge in [0, 0.05) is 44.0 Å². The summed E-state index contributed by atoms with van der Waals surface area (Å²) in [4.78, 5) is 51.1. The van der Waals surface area contributed by atoms with E-state index in [0.717, 1.165) is 25.7 Å². The molecule has 0 bridgehead atoms. The van der Waals surface area contributed by atoms with Crippen molar-refractivity contribution in [3.8, 4) is 0 Å². The molecular formula is C28H29ClFN5O7. The Morgan fingerprint density at radius 1 is 1.07 bits per heavy atom. The molecule has 6 rings (SSSR count). The minimum absolute atomic E-state index is 0.0837. The van der Waals surface area contributed by atoms with Crippen molar-refractivity contribution in [2.75, 3.05) is 18.1 Å². The van der Waals surface area contributed by atoms with Crippen molar-refractivity contribution in [2.24, 2.45) is 0 Å². The smallest absolute Gasteiger partial charge is 0.303 e. The van der Waals surface area contributed by atoms with Crippen LogP contribution in [-0.4, -0.2) is 68.9 Å². The summed E-state index contributed by atoms with van der Waals surface area (Å²) in [6.07, 6.45) is 0.891. The number of hydrogen-bond donors (Lipinski definition) is 0. The molecule has 1 saturated heterocycles. The van der Waals surface area contributed by atoms with Crippen LogP contribution in [0.1, 0.15) is 58.2 Å². The molecule has 3 aliphatic rings. The van der Waals surface area contributed by atoms with Gasteiger partial charge in [0.25, 0.3) is 0 Å². The molecule has 4 heterocycles. The van der Waals surface area contributed by atoms with E-state index in [9.17, 15) is 14.4 Å². The Labute approximate surface area is 245 Å². The second-order valence-electron chi connectivity index (χ2n) is 10.9. The van der Waals surface area contributed by atoms with Gasteiger partial charge in [0.2, 0.25) is 5.28 Å². The number of halogens is 2. The van der Waals surface area contributed by atoms with Crippen LogP contribution in [0.3, 0.4) is 0 Å². The van der Waals surface area contributed by atoms with Crippen LogP contribution in [0, 0.1) is 5.82 Å². The first-order chi connectivity index (χ1) is 20.1. The van der Waals surface area contributed by atoms with Crippen LogP contribution >= 0.6 is 11.6 Å². The molecule has 2 aliphatic heterocycles. The summed E-state index contributed by atoms with van der Waals surface area (Å²) in [5.74, 6) is -1.70. The Bertz CT molecular complexity index is 1580. The van der Waals surface area contributed by atoms with Crippen LogP contribution in [0.5, 0.6) is 0 Å². The number of hydrogen-bond acceptors (Lipinski definition) is 11. The van der Waals surface area contributed by atoms with Crippen molar-refractivity contribution < 1.29 is 37.7 Å². The highest BCUT2D eigenvalue weighted by atomic mass is 35.5. The van der Waals surface area contributed by atoms with E-state index in [2.05, 4.69) is 15.0 Å². The fourth-order valence-electron chi connectivity index (χ4n) is 6.55. The third-order valence-electron chi connectivity index (χ3n) is 8.08. The third kappa shape index (κ3) is 4.83. The maximum atomic E-state index is 15.3. The predicted octanol–water partition coefficient (Wildman–Crippen LogP) is 3.91. The van der Waals surface area contributed by atoms with E-state index in [1.165, 1.54) is 37.7 Å². The van der Waals surface area contributed by atoms with Gasteiger partial charge in [0.15, 0.2) is 35.4 Å². The van der Waals surface area contributed by atoms with Crippen LogP contribution in [0.2, 0.25) is 5.28 Å². The highest BCUT2D eigenvalue weighted by molar-refractivity contribution is 6.28. The number of rotatable bonds is 6. The third-order valence-corrected chi connectivity index (χ3v) is 8.25. The lowest BCUT2D eigenvalue weighted by Crippen LogP contribution is -2.40. The van der Waals surface area contributed by atoms with Crippen molar-refractivity contribution in [1.82, 2.24) is 19.5 Å². The maximum absolute atomic E-state index is 15.3. The number of nitrogens with zero attached hydrogens (tertiary/aromatic N) is 5. The number of esters is 3. The highest BCUT2D eigenvalue weighted by Gasteiger charge is 2.52. The monoisotopic (exact) mass is 601 g/mol. The van der Waals surface area contributed by atoms with Crippen LogP contribution in [0.4, 0.5) is 15.9 Å². The Morgan fingerprint density at radius 2 is 1.79 bits per heavy atom. The lowest BCUT2D eigenvalue weighted by atomic mass is 9.80. The molecule has 1 aliphatic carbocycles. The van der Waals surface area contributed by atoms with Gasteiger partial charge >= 0.3 is 17.9 Å². The van der Waals surface area contributed by atoms with Crippen LogP contribution in [0.15, 0.2) is 24.5 Å². The summed E-state index contributed by atoms with van der Waals surface area (Å²) < 4.78 is 39.1. The molecule has 0 radical (unpaired) electrons. The Hall–Kier alpha value is -3.84. The van der Waals surface area contributed by atoms with Gasteiger partial charge in [0.1, 0.15) is 18.5 Å². The zero-order chi connectivity index (χ0) is 29.8. The molecule has 2 fully saturated rings. The molecule has 222 valence electrons. The second-order valence-corrected chi connectivity index (χ2v) is 11.2. The number of anilines is 2. The zero-order valence-electron chi connectivity index (χ0n) is 23.2. The maximum Gasteiger partial charge on any atom is 0.303 e. The molecule has 42 heavy (non-hydrogen) atoms. The van der Waals surface area contributed by atoms with Crippen LogP contribution in [-0.2, 0) is 38.7 Å². The largest absolute Gasteiger partial charge is 0.463 e. The Balaban J connectivity index is 1.44. The number of benzene rings is 1. The number of fused-ring (bicyclic) bond motifs is 3. The van der Waals surface area contributed by atoms with E-state index in [0.29, 0.717) is 29.1 Å². The van der Waals surface area contributed by atoms with E-state index in [1.54, 1.807) is 6.07 Å². The van der Waals surface area contributed by atoms with E-state index >= 15 is 4.39 Å². The molecule has 0 N–H and O–H groups in total. The van der Waals surface area contributed by atoms with Crippen LogP contribution in [0.25, 0.3) is 11.2 Å². The lowest BCUT2D eigenvalue weighted by Gasteiger charge is -2.25. The normalized spacial score (nSPS) is 24.3. The Morgan fingerprint density at radius 3 is 2.48 bits per heavy atom. The summed E-state index contributed by atoms with van der Waals surface area (Å²) in [5.41, 5.74) is 1.66. The average molecular weight is 602 g/mol. The summed E-state index contributed by atoms with van der Waals surface area (Å²) in [7, 11) is 0. The van der Waals surface area contributed by atoms with Gasteiger partial charge in [-0.15, -0.1) is 0 Å². The SMILES string of the molecule is CC(=O)OC[C@H]1O[C@@H](n2cnc3c(N4CC5(CCCC5)c5c(F)cccc54)nc(Cl)nc32)C(OC(C)=O)C1OC(C)=O. The van der Waals surface area contributed by atoms with Crippen molar-refractivity contribution in [2.45, 2.75) is 76.4 Å². The number of carbonyl (C=O) groups is 3. The number of ether oxygens (including phenoxy) is 4. The van der Waals surface area contributed by atoms with E-state index < -0.39 is 42.4 Å². The number of carbonyl (C=O) groups excluding carboxylic acids is 3. The standard InChI is InChI=1S/C28H29ClFN5O7/c1-14(36)39-11-19-22(40-15(2)37)23(41-16(3)38)26(42-19)35-13-31-21-24(32-27(29)33-25(21)35)34-12-28(9-4-5-10-28)20-17(30)7-6-8-18(20)34/h6-8,13,19,22-23,26H,4-5,9-12H2,1-3H3/t19-,22?,23?,26-/m1/s1. The van der Waals surface area contributed by atoms with Crippen molar-refractivity contribution in [1.29, 1.82) is 0 Å².